The van der Waals surface area contributed by atoms with Crippen molar-refractivity contribution in [2.24, 2.45) is 0 Å². The minimum absolute atomic E-state index is 0.111. The molecule has 0 radical (unpaired) electrons. The van der Waals surface area contributed by atoms with Gasteiger partial charge in [-0.3, -0.25) is 9.59 Å². The number of nitrogens with one attached hydrogen (secondary N) is 1. The molecule has 1 aliphatic rings. The summed E-state index contributed by atoms with van der Waals surface area (Å²) < 4.78 is 5.52. The van der Waals surface area contributed by atoms with E-state index >= 15 is 0 Å². The summed E-state index contributed by atoms with van der Waals surface area (Å²) in [5.74, 6) is 0.220. The molecule has 130 valence electrons. The summed E-state index contributed by atoms with van der Waals surface area (Å²) in [4.78, 5) is 26.2. The number of hydrogen-bond acceptors (Lipinski definition) is 4. The Morgan fingerprint density at radius 3 is 2.64 bits per heavy atom. The number of imide groups is 1. The van der Waals surface area contributed by atoms with Crippen LogP contribution in [0, 0.1) is 0 Å². The maximum Gasteiger partial charge on any atom is 0.256 e. The van der Waals surface area contributed by atoms with Gasteiger partial charge in [0.05, 0.1) is 18.7 Å². The Hall–Kier alpha value is -2.53. The van der Waals surface area contributed by atoms with Gasteiger partial charge in [0.2, 0.25) is 5.91 Å². The Morgan fingerprint density at radius 1 is 1.20 bits per heavy atom. The van der Waals surface area contributed by atoms with Gasteiger partial charge >= 0.3 is 0 Å². The van der Waals surface area contributed by atoms with Gasteiger partial charge < -0.3 is 10.1 Å². The zero-order chi connectivity index (χ0) is 17.8. The number of carbonyl (C=O) groups is 2. The van der Waals surface area contributed by atoms with Gasteiger partial charge in [0.25, 0.3) is 5.91 Å². The molecule has 0 aromatic heterocycles. The standard InChI is InChI=1S/C19H19ClN2O3/c1-2-10-25-16-8-6-15(7-9-16)22-18(23)12-17(19(22)24)21-14-5-3-4-13(20)11-14/h3-9,11,17,21H,2,10,12H2,1H3/t17-/m1/s1. The molecule has 0 saturated carbocycles. The lowest BCUT2D eigenvalue weighted by Gasteiger charge is -2.16. The molecule has 1 fully saturated rings. The minimum atomic E-state index is -0.595. The van der Waals surface area contributed by atoms with Crippen LogP contribution in [0.3, 0.4) is 0 Å². The van der Waals surface area contributed by atoms with Crippen LogP contribution in [-0.2, 0) is 9.59 Å². The van der Waals surface area contributed by atoms with Crippen molar-refractivity contribution < 1.29 is 14.3 Å². The first-order valence-electron chi connectivity index (χ1n) is 8.20. The molecule has 2 amide bonds. The zero-order valence-electron chi connectivity index (χ0n) is 13.9. The molecule has 2 aromatic rings. The van der Waals surface area contributed by atoms with E-state index in [9.17, 15) is 9.59 Å². The van der Waals surface area contributed by atoms with Crippen LogP contribution in [-0.4, -0.2) is 24.5 Å². The fourth-order valence-corrected chi connectivity index (χ4v) is 2.90. The summed E-state index contributed by atoms with van der Waals surface area (Å²) in [6.07, 6.45) is 1.03. The van der Waals surface area contributed by atoms with Crippen molar-refractivity contribution in [2.45, 2.75) is 25.8 Å². The van der Waals surface area contributed by atoms with E-state index in [2.05, 4.69) is 5.32 Å². The molecule has 0 unspecified atom stereocenters. The summed E-state index contributed by atoms with van der Waals surface area (Å²) in [5.41, 5.74) is 1.26. The Labute approximate surface area is 151 Å². The lowest BCUT2D eigenvalue weighted by Crippen LogP contribution is -2.34. The Balaban J connectivity index is 1.72. The first kappa shape index (κ1) is 17.3. The van der Waals surface area contributed by atoms with Gasteiger partial charge in [0, 0.05) is 10.7 Å². The highest BCUT2D eigenvalue weighted by molar-refractivity contribution is 6.30. The number of benzene rings is 2. The van der Waals surface area contributed by atoms with E-state index in [1.165, 1.54) is 4.90 Å². The molecule has 6 heteroatoms. The van der Waals surface area contributed by atoms with Crippen molar-refractivity contribution in [1.82, 2.24) is 0 Å². The quantitative estimate of drug-likeness (QED) is 0.796. The smallest absolute Gasteiger partial charge is 0.256 e. The molecule has 1 aliphatic heterocycles. The summed E-state index contributed by atoms with van der Waals surface area (Å²) >= 11 is 5.96. The maximum absolute atomic E-state index is 12.6. The topological polar surface area (TPSA) is 58.6 Å². The van der Waals surface area contributed by atoms with E-state index in [-0.39, 0.29) is 18.2 Å². The fraction of sp³-hybridized carbons (Fsp3) is 0.263. The van der Waals surface area contributed by atoms with E-state index in [4.69, 9.17) is 16.3 Å². The number of amides is 2. The van der Waals surface area contributed by atoms with Crippen LogP contribution in [0.5, 0.6) is 5.75 Å². The first-order chi connectivity index (χ1) is 12.1. The Bertz CT molecular complexity index is 776. The molecule has 0 bridgehead atoms. The molecule has 25 heavy (non-hydrogen) atoms. The van der Waals surface area contributed by atoms with Crippen molar-refractivity contribution >= 4 is 34.8 Å². The van der Waals surface area contributed by atoms with Gasteiger partial charge in [0.1, 0.15) is 11.8 Å². The monoisotopic (exact) mass is 358 g/mol. The summed E-state index contributed by atoms with van der Waals surface area (Å²) in [6.45, 7) is 2.66. The predicted molar refractivity (Wildman–Crippen MR) is 98.2 cm³/mol. The van der Waals surface area contributed by atoms with E-state index in [0.717, 1.165) is 12.2 Å². The molecule has 1 heterocycles. The van der Waals surface area contributed by atoms with E-state index in [1.54, 1.807) is 42.5 Å². The number of nitrogens with zero attached hydrogens (tertiary/aromatic N) is 1. The molecule has 3 rings (SSSR count). The minimum Gasteiger partial charge on any atom is -0.494 e. The van der Waals surface area contributed by atoms with Gasteiger partial charge in [0.15, 0.2) is 0 Å². The van der Waals surface area contributed by atoms with Crippen LogP contribution in [0.2, 0.25) is 5.02 Å². The van der Waals surface area contributed by atoms with Gasteiger partial charge in [-0.1, -0.05) is 24.6 Å². The SMILES string of the molecule is CCCOc1ccc(N2C(=O)C[C@@H](Nc3cccc(Cl)c3)C2=O)cc1. The highest BCUT2D eigenvalue weighted by Crippen LogP contribution is 2.27. The Morgan fingerprint density at radius 2 is 1.96 bits per heavy atom. The van der Waals surface area contributed by atoms with Gasteiger partial charge in [-0.05, 0) is 48.9 Å². The lowest BCUT2D eigenvalue weighted by atomic mass is 10.2. The van der Waals surface area contributed by atoms with Gasteiger partial charge in [-0.25, -0.2) is 4.90 Å². The van der Waals surface area contributed by atoms with E-state index < -0.39 is 6.04 Å². The van der Waals surface area contributed by atoms with Crippen molar-refractivity contribution in [3.8, 4) is 5.75 Å². The third kappa shape index (κ3) is 3.94. The Kier molecular flexibility index (Phi) is 5.24. The van der Waals surface area contributed by atoms with Crippen LogP contribution in [0.25, 0.3) is 0 Å². The number of carbonyl (C=O) groups excluding carboxylic acids is 2. The van der Waals surface area contributed by atoms with E-state index in [1.807, 2.05) is 13.0 Å². The number of anilines is 2. The second-order valence-electron chi connectivity index (χ2n) is 5.82. The van der Waals surface area contributed by atoms with E-state index in [0.29, 0.717) is 23.0 Å². The van der Waals surface area contributed by atoms with Crippen LogP contribution in [0.4, 0.5) is 11.4 Å². The second kappa shape index (κ2) is 7.57. The number of halogens is 1. The largest absolute Gasteiger partial charge is 0.494 e. The van der Waals surface area contributed by atoms with Gasteiger partial charge in [-0.2, -0.15) is 0 Å². The number of hydrogen-bond donors (Lipinski definition) is 1. The molecule has 1 saturated heterocycles. The average Bonchev–Trinajstić information content (AvgIpc) is 2.87. The average molecular weight is 359 g/mol. The summed E-state index contributed by atoms with van der Waals surface area (Å²) in [5, 5.41) is 3.65. The van der Waals surface area contributed by atoms with Crippen molar-refractivity contribution in [2.75, 3.05) is 16.8 Å². The number of ether oxygens (including phenoxy) is 1. The molecule has 0 spiro atoms. The van der Waals surface area contributed by atoms with Crippen LogP contribution >= 0.6 is 11.6 Å². The first-order valence-corrected chi connectivity index (χ1v) is 8.58. The maximum atomic E-state index is 12.6. The second-order valence-corrected chi connectivity index (χ2v) is 6.26. The van der Waals surface area contributed by atoms with Crippen molar-refractivity contribution in [3.05, 3.63) is 53.6 Å². The highest BCUT2D eigenvalue weighted by Gasteiger charge is 2.39. The van der Waals surface area contributed by atoms with Crippen molar-refractivity contribution in [3.63, 3.8) is 0 Å². The van der Waals surface area contributed by atoms with Crippen LogP contribution < -0.4 is 15.0 Å². The molecular weight excluding hydrogens is 340 g/mol. The highest BCUT2D eigenvalue weighted by atomic mass is 35.5. The summed E-state index contributed by atoms with van der Waals surface area (Å²) in [6, 6.07) is 13.5. The molecule has 5 nitrogen and oxygen atoms in total. The predicted octanol–water partition coefficient (Wildman–Crippen LogP) is 3.87. The van der Waals surface area contributed by atoms with Gasteiger partial charge in [-0.15, -0.1) is 0 Å². The molecular formula is C19H19ClN2O3. The molecule has 2 aromatic carbocycles. The molecule has 1 atom stereocenters. The summed E-state index contributed by atoms with van der Waals surface area (Å²) in [7, 11) is 0. The molecule has 0 aliphatic carbocycles. The lowest BCUT2D eigenvalue weighted by molar-refractivity contribution is -0.121. The third-order valence-electron chi connectivity index (χ3n) is 3.88. The third-order valence-corrected chi connectivity index (χ3v) is 4.12. The zero-order valence-corrected chi connectivity index (χ0v) is 14.6. The van der Waals surface area contributed by atoms with Crippen molar-refractivity contribution in [1.29, 1.82) is 0 Å². The van der Waals surface area contributed by atoms with Crippen LogP contribution in [0.1, 0.15) is 19.8 Å². The fourth-order valence-electron chi connectivity index (χ4n) is 2.71. The van der Waals surface area contributed by atoms with Crippen LogP contribution in [0.15, 0.2) is 48.5 Å². The normalized spacial score (nSPS) is 17.0. The molecule has 1 N–H and O–H groups in total. The number of rotatable bonds is 6.